The predicted octanol–water partition coefficient (Wildman–Crippen LogP) is 7.10. The molecule has 1 unspecified atom stereocenters. The first-order valence-corrected chi connectivity index (χ1v) is 14.0. The summed E-state index contributed by atoms with van der Waals surface area (Å²) in [7, 11) is 0. The maximum Gasteiger partial charge on any atom is 0.338 e. The molecular formula is C30H25ClF2N4O3S. The van der Waals surface area contributed by atoms with Crippen molar-refractivity contribution in [2.45, 2.75) is 30.5 Å². The Morgan fingerprint density at radius 3 is 2.61 bits per heavy atom. The molecule has 1 aromatic heterocycles. The van der Waals surface area contributed by atoms with E-state index in [4.69, 9.17) is 21.1 Å². The van der Waals surface area contributed by atoms with Crippen molar-refractivity contribution in [2.24, 2.45) is 0 Å². The van der Waals surface area contributed by atoms with Crippen LogP contribution < -0.4 is 10.1 Å². The molecule has 1 atom stereocenters. The monoisotopic (exact) mass is 594 g/mol. The molecule has 0 amide bonds. The van der Waals surface area contributed by atoms with E-state index in [1.165, 1.54) is 36.0 Å². The average molecular weight is 595 g/mol. The van der Waals surface area contributed by atoms with Gasteiger partial charge >= 0.3 is 5.97 Å². The van der Waals surface area contributed by atoms with Crippen molar-refractivity contribution in [3.05, 3.63) is 124 Å². The molecule has 2 heterocycles. The van der Waals surface area contributed by atoms with Crippen LogP contribution in [0.5, 0.6) is 5.75 Å². The molecule has 1 aliphatic rings. The number of carbonyl (C=O) groups excluding carboxylic acids is 1. The number of thioether (sulfide) groups is 1. The van der Waals surface area contributed by atoms with Crippen molar-refractivity contribution in [3.8, 4) is 5.75 Å². The van der Waals surface area contributed by atoms with Gasteiger partial charge in [0.25, 0.3) is 0 Å². The summed E-state index contributed by atoms with van der Waals surface area (Å²) in [5, 5.41) is 8.48. The number of rotatable bonds is 10. The first-order valence-electron chi connectivity index (χ1n) is 12.6. The number of ether oxygens (including phenoxy) is 2. The van der Waals surface area contributed by atoms with Crippen molar-refractivity contribution < 1.29 is 23.0 Å². The Balaban J connectivity index is 1.42. The number of fused-ring (bicyclic) bond motifs is 1. The molecule has 0 aliphatic carbocycles. The van der Waals surface area contributed by atoms with E-state index in [-0.39, 0.29) is 29.6 Å². The lowest BCUT2D eigenvalue weighted by Gasteiger charge is -2.28. The van der Waals surface area contributed by atoms with Crippen LogP contribution >= 0.6 is 23.4 Å². The number of anilines is 1. The molecule has 0 radical (unpaired) electrons. The average Bonchev–Trinajstić information content (AvgIpc) is 3.37. The quantitative estimate of drug-likeness (QED) is 0.119. The van der Waals surface area contributed by atoms with E-state index in [1.807, 2.05) is 0 Å². The third-order valence-corrected chi connectivity index (χ3v) is 7.58. The first kappa shape index (κ1) is 28.4. The number of nitrogens with zero attached hydrogens (tertiary/aromatic N) is 3. The number of allylic oxidation sites excluding steroid dienone is 1. The lowest BCUT2D eigenvalue weighted by Crippen LogP contribution is -2.29. The van der Waals surface area contributed by atoms with Crippen molar-refractivity contribution in [2.75, 3.05) is 11.9 Å². The van der Waals surface area contributed by atoms with E-state index in [0.29, 0.717) is 45.0 Å². The summed E-state index contributed by atoms with van der Waals surface area (Å²) in [4.78, 5) is 17.7. The van der Waals surface area contributed by atoms with E-state index >= 15 is 0 Å². The van der Waals surface area contributed by atoms with Crippen molar-refractivity contribution in [3.63, 3.8) is 0 Å². The molecule has 0 saturated carbocycles. The summed E-state index contributed by atoms with van der Waals surface area (Å²) in [5.74, 6) is -0.0359. The van der Waals surface area contributed by atoms with Crippen LogP contribution in [0.4, 0.5) is 14.7 Å². The third kappa shape index (κ3) is 6.28. The van der Waals surface area contributed by atoms with Gasteiger partial charge < -0.3 is 14.8 Å². The van der Waals surface area contributed by atoms with Crippen LogP contribution in [-0.2, 0) is 21.9 Å². The Labute approximate surface area is 244 Å². The number of hydrogen-bond acceptors (Lipinski definition) is 7. The molecular weight excluding hydrogens is 570 g/mol. The highest BCUT2D eigenvalue weighted by molar-refractivity contribution is 7.98. The minimum atomic E-state index is -0.672. The van der Waals surface area contributed by atoms with Crippen molar-refractivity contribution in [1.82, 2.24) is 14.8 Å². The second-order valence-electron chi connectivity index (χ2n) is 9.05. The zero-order chi connectivity index (χ0) is 28.9. The van der Waals surface area contributed by atoms with Crippen molar-refractivity contribution >= 4 is 35.3 Å². The second-order valence-corrected chi connectivity index (χ2v) is 10.4. The van der Waals surface area contributed by atoms with E-state index in [2.05, 4.69) is 22.0 Å². The number of carbonyl (C=O) groups is 1. The Morgan fingerprint density at radius 2 is 1.88 bits per heavy atom. The number of aromatic nitrogens is 3. The summed E-state index contributed by atoms with van der Waals surface area (Å²) in [5.41, 5.74) is 2.41. The maximum absolute atomic E-state index is 14.2. The van der Waals surface area contributed by atoms with Gasteiger partial charge in [0.05, 0.1) is 10.6 Å². The SMILES string of the molecule is C=CCOC(=O)C1=C(C)Nc2nc(SCc3ccccc3F)nn2C1c1ccc(OCc2c(F)cccc2Cl)cc1. The molecule has 0 bridgehead atoms. The largest absolute Gasteiger partial charge is 0.489 e. The Hall–Kier alpha value is -4.15. The van der Waals surface area contributed by atoms with Gasteiger partial charge in [-0.3, -0.25) is 0 Å². The molecule has 1 N–H and O–H groups in total. The van der Waals surface area contributed by atoms with Gasteiger partial charge in [-0.05, 0) is 48.4 Å². The second kappa shape index (κ2) is 12.6. The summed E-state index contributed by atoms with van der Waals surface area (Å²) in [6, 6.07) is 17.3. The molecule has 5 rings (SSSR count). The fourth-order valence-corrected chi connectivity index (χ4v) is 5.34. The summed E-state index contributed by atoms with van der Waals surface area (Å²) in [6.45, 7) is 5.37. The number of benzene rings is 3. The van der Waals surface area contributed by atoms with Crippen LogP contribution in [0.3, 0.4) is 0 Å². The van der Waals surface area contributed by atoms with Gasteiger partial charge in [-0.25, -0.2) is 18.3 Å². The van der Waals surface area contributed by atoms with Crippen LogP contribution in [0.25, 0.3) is 0 Å². The molecule has 4 aromatic rings. The Kier molecular flexibility index (Phi) is 8.70. The predicted molar refractivity (Wildman–Crippen MR) is 154 cm³/mol. The molecule has 7 nitrogen and oxygen atoms in total. The zero-order valence-corrected chi connectivity index (χ0v) is 23.5. The highest BCUT2D eigenvalue weighted by Crippen LogP contribution is 2.38. The first-order chi connectivity index (χ1) is 19.9. The molecule has 210 valence electrons. The Bertz CT molecular complexity index is 1600. The third-order valence-electron chi connectivity index (χ3n) is 6.34. The van der Waals surface area contributed by atoms with Gasteiger partial charge in [0.15, 0.2) is 0 Å². The van der Waals surface area contributed by atoms with Gasteiger partial charge in [0, 0.05) is 17.0 Å². The van der Waals surface area contributed by atoms with Crippen LogP contribution in [-0.4, -0.2) is 27.3 Å². The fraction of sp³-hybridized carbons (Fsp3) is 0.167. The minimum absolute atomic E-state index is 0.0433. The molecule has 0 saturated heterocycles. The van der Waals surface area contributed by atoms with E-state index in [0.717, 1.165) is 0 Å². The topological polar surface area (TPSA) is 78.3 Å². The van der Waals surface area contributed by atoms with Crippen LogP contribution in [0.1, 0.15) is 29.7 Å². The minimum Gasteiger partial charge on any atom is -0.489 e. The van der Waals surface area contributed by atoms with Gasteiger partial charge in [-0.15, -0.1) is 5.10 Å². The zero-order valence-electron chi connectivity index (χ0n) is 21.9. The Morgan fingerprint density at radius 1 is 1.12 bits per heavy atom. The fourth-order valence-electron chi connectivity index (χ4n) is 4.31. The smallest absolute Gasteiger partial charge is 0.338 e. The normalized spacial score (nSPS) is 14.3. The highest BCUT2D eigenvalue weighted by atomic mass is 35.5. The van der Waals surface area contributed by atoms with Crippen LogP contribution in [0.2, 0.25) is 5.02 Å². The lowest BCUT2D eigenvalue weighted by molar-refractivity contribution is -0.138. The van der Waals surface area contributed by atoms with Crippen LogP contribution in [0, 0.1) is 11.6 Å². The van der Waals surface area contributed by atoms with E-state index in [1.54, 1.807) is 60.1 Å². The van der Waals surface area contributed by atoms with Gasteiger partial charge in [-0.2, -0.15) is 4.98 Å². The van der Waals surface area contributed by atoms with E-state index < -0.39 is 17.8 Å². The van der Waals surface area contributed by atoms with E-state index in [9.17, 15) is 13.6 Å². The molecule has 11 heteroatoms. The molecule has 0 fully saturated rings. The molecule has 0 spiro atoms. The standard InChI is InChI=1S/C30H25ClF2N4O3S/c1-3-15-39-28(38)26-18(2)34-29-35-30(41-17-20-7-4-5-9-24(20)32)36-37(29)27(26)19-11-13-21(14-12-19)40-16-22-23(31)8-6-10-25(22)33/h3-14,27H,1,15-17H2,2H3,(H,34,35,36). The maximum atomic E-state index is 14.2. The number of nitrogens with one attached hydrogen (secondary N) is 1. The summed E-state index contributed by atoms with van der Waals surface area (Å²) < 4.78 is 41.1. The molecule has 41 heavy (non-hydrogen) atoms. The lowest BCUT2D eigenvalue weighted by atomic mass is 9.96. The summed E-state index contributed by atoms with van der Waals surface area (Å²) >= 11 is 7.40. The van der Waals surface area contributed by atoms with Gasteiger partial charge in [-0.1, -0.05) is 72.4 Å². The molecule has 1 aliphatic heterocycles. The number of halogens is 3. The number of esters is 1. The molecule has 3 aromatic carbocycles. The van der Waals surface area contributed by atoms with Gasteiger partial charge in [0.1, 0.15) is 36.6 Å². The van der Waals surface area contributed by atoms with Crippen LogP contribution in [0.15, 0.2) is 95.8 Å². The summed E-state index contributed by atoms with van der Waals surface area (Å²) in [6.07, 6.45) is 1.49. The number of hydrogen-bond donors (Lipinski definition) is 1. The van der Waals surface area contributed by atoms with Crippen molar-refractivity contribution in [1.29, 1.82) is 0 Å². The van der Waals surface area contributed by atoms with Gasteiger partial charge in [0.2, 0.25) is 11.1 Å². The highest BCUT2D eigenvalue weighted by Gasteiger charge is 2.35.